The molecule has 2 heterocycles. The first-order chi connectivity index (χ1) is 7.61. The maximum Gasteiger partial charge on any atom is 0.142 e. The van der Waals surface area contributed by atoms with Crippen molar-refractivity contribution in [3.05, 3.63) is 18.2 Å². The number of pyridine rings is 1. The highest BCUT2D eigenvalue weighted by Gasteiger charge is 2.26. The fourth-order valence-corrected chi connectivity index (χ4v) is 2.30. The molecule has 1 aromatic heterocycles. The first-order valence-corrected chi connectivity index (χ1v) is 5.79. The predicted octanol–water partition coefficient (Wildman–Crippen LogP) is 1.99. The molecule has 2 rings (SSSR count). The zero-order valence-corrected chi connectivity index (χ0v) is 10.0. The van der Waals surface area contributed by atoms with Gasteiger partial charge in [0.2, 0.25) is 0 Å². The Morgan fingerprint density at radius 1 is 1.44 bits per heavy atom. The van der Waals surface area contributed by atoms with Crippen LogP contribution < -0.4 is 16.2 Å². The van der Waals surface area contributed by atoms with E-state index < -0.39 is 0 Å². The molecule has 0 atom stereocenters. The van der Waals surface area contributed by atoms with Crippen molar-refractivity contribution in [1.29, 1.82) is 0 Å². The lowest BCUT2D eigenvalue weighted by molar-refractivity contribution is 0.292. The van der Waals surface area contributed by atoms with E-state index in [0.717, 1.165) is 24.7 Å². The number of nitrogen functional groups attached to an aromatic ring is 1. The van der Waals surface area contributed by atoms with Crippen LogP contribution >= 0.6 is 0 Å². The van der Waals surface area contributed by atoms with E-state index in [1.807, 2.05) is 18.2 Å². The van der Waals surface area contributed by atoms with Gasteiger partial charge >= 0.3 is 0 Å². The third kappa shape index (κ3) is 2.44. The predicted molar refractivity (Wildman–Crippen MR) is 67.3 cm³/mol. The molecule has 0 spiro atoms. The van der Waals surface area contributed by atoms with Crippen molar-refractivity contribution in [2.24, 2.45) is 11.3 Å². The molecule has 0 unspecified atom stereocenters. The Balaban J connectivity index is 2.16. The van der Waals surface area contributed by atoms with Gasteiger partial charge in [0.05, 0.1) is 0 Å². The molecule has 4 heteroatoms. The molecular formula is C12H20N4. The number of nitrogens with zero attached hydrogens (tertiary/aromatic N) is 2. The van der Waals surface area contributed by atoms with Crippen LogP contribution in [-0.4, -0.2) is 18.1 Å². The van der Waals surface area contributed by atoms with Gasteiger partial charge in [-0.3, -0.25) is 0 Å². The summed E-state index contributed by atoms with van der Waals surface area (Å²) < 4.78 is 0. The minimum atomic E-state index is 0.381. The lowest BCUT2D eigenvalue weighted by Crippen LogP contribution is -2.40. The minimum absolute atomic E-state index is 0.381. The highest BCUT2D eigenvalue weighted by atomic mass is 15.3. The maximum absolute atomic E-state index is 5.37. The Hall–Kier alpha value is -1.29. The Kier molecular flexibility index (Phi) is 3.01. The van der Waals surface area contributed by atoms with Gasteiger partial charge in [-0.2, -0.15) is 0 Å². The van der Waals surface area contributed by atoms with Crippen LogP contribution in [0.2, 0.25) is 0 Å². The average Bonchev–Trinajstić information content (AvgIpc) is 2.28. The number of aromatic nitrogens is 1. The van der Waals surface area contributed by atoms with E-state index in [1.165, 1.54) is 12.8 Å². The van der Waals surface area contributed by atoms with Gasteiger partial charge in [-0.05, 0) is 30.4 Å². The van der Waals surface area contributed by atoms with Gasteiger partial charge in [-0.15, -0.1) is 0 Å². The van der Waals surface area contributed by atoms with Crippen molar-refractivity contribution in [2.45, 2.75) is 26.7 Å². The topological polar surface area (TPSA) is 54.2 Å². The van der Waals surface area contributed by atoms with E-state index in [9.17, 15) is 0 Å². The molecule has 0 radical (unpaired) electrons. The van der Waals surface area contributed by atoms with E-state index in [2.05, 4.69) is 29.2 Å². The van der Waals surface area contributed by atoms with Crippen molar-refractivity contribution in [1.82, 2.24) is 4.98 Å². The molecular weight excluding hydrogens is 200 g/mol. The van der Waals surface area contributed by atoms with Crippen molar-refractivity contribution >= 4 is 11.6 Å². The Labute approximate surface area is 96.8 Å². The lowest BCUT2D eigenvalue weighted by atomic mass is 9.84. The van der Waals surface area contributed by atoms with Gasteiger partial charge < -0.3 is 10.3 Å². The molecule has 3 N–H and O–H groups in total. The molecule has 16 heavy (non-hydrogen) atoms. The second-order valence-electron chi connectivity index (χ2n) is 5.21. The molecule has 0 bridgehead atoms. The van der Waals surface area contributed by atoms with E-state index in [0.29, 0.717) is 5.41 Å². The van der Waals surface area contributed by atoms with Gasteiger partial charge in [-0.1, -0.05) is 19.9 Å². The maximum atomic E-state index is 5.37. The third-order valence-corrected chi connectivity index (χ3v) is 3.11. The molecule has 0 amide bonds. The summed E-state index contributed by atoms with van der Waals surface area (Å²) in [5, 5.41) is 0. The summed E-state index contributed by atoms with van der Waals surface area (Å²) in [6.45, 7) is 6.77. The average molecular weight is 220 g/mol. The van der Waals surface area contributed by atoms with Crippen LogP contribution in [-0.2, 0) is 0 Å². The van der Waals surface area contributed by atoms with Gasteiger partial charge in [0, 0.05) is 13.1 Å². The molecule has 1 aliphatic rings. The monoisotopic (exact) mass is 220 g/mol. The smallest absolute Gasteiger partial charge is 0.142 e. The standard InChI is InChI=1S/C12H20N4/c1-12(2)7-4-8-16(9-12)11-6-3-5-10(14-11)15-13/h3,5-6H,4,7-9,13H2,1-2H3,(H,14,15). The number of nitrogens with two attached hydrogens (primary N) is 1. The minimum Gasteiger partial charge on any atom is -0.356 e. The zero-order chi connectivity index (χ0) is 11.6. The number of hydrazine groups is 1. The summed E-state index contributed by atoms with van der Waals surface area (Å²) in [4.78, 5) is 6.81. The Bertz CT molecular complexity index is 362. The van der Waals surface area contributed by atoms with Crippen LogP contribution in [0.1, 0.15) is 26.7 Å². The van der Waals surface area contributed by atoms with Crippen molar-refractivity contribution < 1.29 is 0 Å². The first-order valence-electron chi connectivity index (χ1n) is 5.79. The third-order valence-electron chi connectivity index (χ3n) is 3.11. The Morgan fingerprint density at radius 3 is 2.94 bits per heavy atom. The SMILES string of the molecule is CC1(C)CCCN(c2cccc(NN)n2)C1. The van der Waals surface area contributed by atoms with Crippen molar-refractivity contribution in [2.75, 3.05) is 23.4 Å². The fourth-order valence-electron chi connectivity index (χ4n) is 2.30. The number of nitrogens with one attached hydrogen (secondary N) is 1. The van der Waals surface area contributed by atoms with Crippen LogP contribution in [0, 0.1) is 5.41 Å². The summed E-state index contributed by atoms with van der Waals surface area (Å²) in [7, 11) is 0. The molecule has 0 aliphatic carbocycles. The van der Waals surface area contributed by atoms with Gasteiger partial charge in [0.1, 0.15) is 11.6 Å². The number of anilines is 2. The number of piperidine rings is 1. The normalized spacial score (nSPS) is 19.6. The van der Waals surface area contributed by atoms with Crippen LogP contribution in [0.25, 0.3) is 0 Å². The highest BCUT2D eigenvalue weighted by Crippen LogP contribution is 2.30. The molecule has 1 aliphatic heterocycles. The molecule has 4 nitrogen and oxygen atoms in total. The summed E-state index contributed by atoms with van der Waals surface area (Å²) in [6, 6.07) is 5.90. The molecule has 0 aromatic carbocycles. The number of rotatable bonds is 2. The van der Waals surface area contributed by atoms with Gasteiger partial charge in [0.15, 0.2) is 0 Å². The van der Waals surface area contributed by atoms with Crippen LogP contribution in [0.5, 0.6) is 0 Å². The van der Waals surface area contributed by atoms with Crippen LogP contribution in [0.15, 0.2) is 18.2 Å². The van der Waals surface area contributed by atoms with E-state index in [1.54, 1.807) is 0 Å². The van der Waals surface area contributed by atoms with Crippen molar-refractivity contribution in [3.8, 4) is 0 Å². The van der Waals surface area contributed by atoms with Gasteiger partial charge in [-0.25, -0.2) is 10.8 Å². The Morgan fingerprint density at radius 2 is 2.25 bits per heavy atom. The van der Waals surface area contributed by atoms with E-state index in [4.69, 9.17) is 5.84 Å². The molecule has 88 valence electrons. The largest absolute Gasteiger partial charge is 0.356 e. The van der Waals surface area contributed by atoms with E-state index in [-0.39, 0.29) is 0 Å². The molecule has 0 saturated carbocycles. The molecule has 1 saturated heterocycles. The molecule has 1 fully saturated rings. The summed E-state index contributed by atoms with van der Waals surface area (Å²) >= 11 is 0. The van der Waals surface area contributed by atoms with Crippen LogP contribution in [0.3, 0.4) is 0 Å². The fraction of sp³-hybridized carbons (Fsp3) is 0.583. The van der Waals surface area contributed by atoms with Crippen LogP contribution in [0.4, 0.5) is 11.6 Å². The quantitative estimate of drug-likeness (QED) is 0.591. The second-order valence-corrected chi connectivity index (χ2v) is 5.21. The number of hydrogen-bond donors (Lipinski definition) is 2. The van der Waals surface area contributed by atoms with Crippen molar-refractivity contribution in [3.63, 3.8) is 0 Å². The molecule has 1 aromatic rings. The first kappa shape index (κ1) is 11.2. The number of hydrogen-bond acceptors (Lipinski definition) is 4. The lowest BCUT2D eigenvalue weighted by Gasteiger charge is -2.38. The summed E-state index contributed by atoms with van der Waals surface area (Å²) in [5.74, 6) is 7.11. The zero-order valence-electron chi connectivity index (χ0n) is 10.0. The van der Waals surface area contributed by atoms with E-state index >= 15 is 0 Å². The summed E-state index contributed by atoms with van der Waals surface area (Å²) in [5.41, 5.74) is 2.97. The summed E-state index contributed by atoms with van der Waals surface area (Å²) in [6.07, 6.45) is 2.52. The second kappa shape index (κ2) is 4.29. The van der Waals surface area contributed by atoms with Gasteiger partial charge in [0.25, 0.3) is 0 Å². The highest BCUT2D eigenvalue weighted by molar-refractivity contribution is 5.46.